The van der Waals surface area contributed by atoms with E-state index < -0.39 is 90.5 Å². The summed E-state index contributed by atoms with van der Waals surface area (Å²) in [5.41, 5.74) is 8.17. The predicted molar refractivity (Wildman–Crippen MR) is 332 cm³/mol. The Morgan fingerprint density at radius 3 is 2.11 bits per heavy atom. The van der Waals surface area contributed by atoms with Crippen LogP contribution in [0.15, 0.2) is 64.0 Å². The lowest BCUT2D eigenvalue weighted by atomic mass is 9.81. The van der Waals surface area contributed by atoms with Gasteiger partial charge in [-0.3, -0.25) is 43.3 Å². The lowest BCUT2D eigenvalue weighted by molar-refractivity contribution is -0.144. The van der Waals surface area contributed by atoms with Crippen LogP contribution in [0.1, 0.15) is 126 Å². The Labute approximate surface area is 527 Å². The molecule has 1 fully saturated rings. The van der Waals surface area contributed by atoms with Crippen molar-refractivity contribution < 1.29 is 58.4 Å². The molecule has 1 aromatic carbocycles. The molecule has 1 aliphatic rings. The molecule has 0 aliphatic heterocycles. The number of aromatic nitrogens is 7. The number of carbonyl (C=O) groups excluding carboxylic acids is 6. The van der Waals surface area contributed by atoms with Gasteiger partial charge in [0.1, 0.15) is 71.6 Å². The van der Waals surface area contributed by atoms with Crippen molar-refractivity contribution in [1.82, 2.24) is 56.2 Å². The summed E-state index contributed by atoms with van der Waals surface area (Å²) in [7, 11) is 2.91. The number of hydrogen-bond acceptors (Lipinski definition) is 23. The van der Waals surface area contributed by atoms with Crippen molar-refractivity contribution in [2.45, 2.75) is 84.1 Å². The van der Waals surface area contributed by atoms with Gasteiger partial charge in [0.15, 0.2) is 0 Å². The van der Waals surface area contributed by atoms with Gasteiger partial charge in [0.05, 0.1) is 59.3 Å². The second-order valence-electron chi connectivity index (χ2n) is 20.6. The highest BCUT2D eigenvalue weighted by Crippen LogP contribution is 2.40. The zero-order chi connectivity index (χ0) is 62.9. The van der Waals surface area contributed by atoms with Gasteiger partial charge in [-0.15, -0.1) is 68.0 Å². The Bertz CT molecular complexity index is 3880. The van der Waals surface area contributed by atoms with Gasteiger partial charge in [0.25, 0.3) is 17.7 Å². The molecule has 3 atom stereocenters. The van der Waals surface area contributed by atoms with E-state index in [1.807, 2.05) is 49.6 Å². The van der Waals surface area contributed by atoms with Crippen LogP contribution in [-0.2, 0) is 41.7 Å². The van der Waals surface area contributed by atoms with Crippen LogP contribution in [0.4, 0.5) is 5.82 Å². The third-order valence-electron chi connectivity index (χ3n) is 14.1. The number of carboxylic acids is 2. The summed E-state index contributed by atoms with van der Waals surface area (Å²) < 4.78 is 5.31. The van der Waals surface area contributed by atoms with Gasteiger partial charge < -0.3 is 47.1 Å². The average Bonchev–Trinajstić information content (AvgIpc) is 3.54. The fourth-order valence-electron chi connectivity index (χ4n) is 9.51. The molecule has 460 valence electrons. The van der Waals surface area contributed by atoms with Gasteiger partial charge in [-0.25, -0.2) is 34.9 Å². The highest BCUT2D eigenvalue weighted by molar-refractivity contribution is 7.15. The topological polar surface area (TPSA) is 374 Å². The number of aliphatic hydroxyl groups excluding tert-OH is 1. The molecule has 88 heavy (non-hydrogen) atoms. The van der Waals surface area contributed by atoms with Crippen molar-refractivity contribution in [3.8, 4) is 43.4 Å². The van der Waals surface area contributed by atoms with Crippen molar-refractivity contribution in [2.75, 3.05) is 32.1 Å². The normalized spacial score (nSPS) is 15.0. The Hall–Kier alpha value is -8.17. The first-order valence-electron chi connectivity index (χ1n) is 27.3. The molecule has 25 nitrogen and oxygen atoms in total. The van der Waals surface area contributed by atoms with Gasteiger partial charge in [-0.2, -0.15) is 0 Å². The number of primary amides is 1. The molecule has 7 aromatic heterocycles. The number of thiazole rings is 6. The lowest BCUT2D eigenvalue weighted by Gasteiger charge is -2.29. The molecular weight excluding hydrogens is 1250 g/mol. The van der Waals surface area contributed by atoms with Crippen molar-refractivity contribution >= 4 is 121 Å². The molecule has 1 unspecified atom stereocenters. The number of nitrogens with two attached hydrogens (primary N) is 1. The van der Waals surface area contributed by atoms with Crippen LogP contribution in [0.5, 0.6) is 0 Å². The molecule has 1 saturated carbocycles. The fourth-order valence-corrected chi connectivity index (χ4v) is 15.0. The molecule has 8 aromatic rings. The molecule has 0 saturated heterocycles. The van der Waals surface area contributed by atoms with Gasteiger partial charge in [0.2, 0.25) is 17.7 Å². The smallest absolute Gasteiger partial charge is 0.323 e. The number of nitrogens with zero attached hydrogens (tertiary/aromatic N) is 8. The summed E-state index contributed by atoms with van der Waals surface area (Å²) in [6.07, 6.45) is 0.401. The van der Waals surface area contributed by atoms with E-state index >= 15 is 0 Å². The van der Waals surface area contributed by atoms with Gasteiger partial charge >= 0.3 is 11.9 Å². The number of benzene rings is 1. The molecule has 9 N–H and O–H groups in total. The van der Waals surface area contributed by atoms with Crippen molar-refractivity contribution in [2.24, 2.45) is 23.5 Å². The van der Waals surface area contributed by atoms with E-state index in [1.165, 1.54) is 36.8 Å². The second kappa shape index (κ2) is 28.8. The number of pyridine rings is 1. The van der Waals surface area contributed by atoms with Crippen LogP contribution in [0.25, 0.3) is 43.4 Å². The number of aliphatic carboxylic acids is 2. The van der Waals surface area contributed by atoms with Gasteiger partial charge in [-0.05, 0) is 56.2 Å². The second-order valence-corrected chi connectivity index (χ2v) is 26.5. The first-order valence-corrected chi connectivity index (χ1v) is 32.5. The van der Waals surface area contributed by atoms with E-state index in [2.05, 4.69) is 31.2 Å². The zero-order valence-electron chi connectivity index (χ0n) is 47.8. The number of hydrogen-bond donors (Lipinski definition) is 8. The predicted octanol–water partition coefficient (Wildman–Crippen LogP) is 7.48. The number of carboxylic acid groups (broad SMARTS) is 2. The number of amides is 6. The molecule has 0 bridgehead atoms. The minimum Gasteiger partial charge on any atom is -0.481 e. The summed E-state index contributed by atoms with van der Waals surface area (Å²) >= 11 is 7.24. The lowest BCUT2D eigenvalue weighted by Crippen LogP contribution is -2.41. The Balaban J connectivity index is 0.992. The van der Waals surface area contributed by atoms with E-state index in [0.717, 1.165) is 55.8 Å². The Kier molecular flexibility index (Phi) is 21.0. The number of aliphatic hydroxyl groups is 1. The van der Waals surface area contributed by atoms with Crippen LogP contribution in [0, 0.1) is 24.7 Å². The molecular formula is C57H59N13O12S6. The first kappa shape index (κ1) is 64.3. The minimum absolute atomic E-state index is 0.0159. The molecule has 7 heterocycles. The molecule has 0 spiro atoms. The van der Waals surface area contributed by atoms with E-state index in [0.29, 0.717) is 63.1 Å². The Morgan fingerprint density at radius 1 is 0.727 bits per heavy atom. The number of ether oxygens (including phenoxy) is 1. The van der Waals surface area contributed by atoms with Crippen LogP contribution in [-0.4, -0.2) is 125 Å². The standard InChI is InChI=1S/C57H59N13O12S6/c1-26(2)44(55-69-47(38(88-55)21-82-5)49(77)60-19-39(58)72)67-50(78)45-27(3)87-54(68-45)33(17-41(73)59-4)63-48(76)35-23-84-51(65-35)31-15-16-32(52-66-40(25-86-52)70(20-43(74)75)56(79)29-11-13-30(14-12-29)57(80)81)62-46(31)34-22-85-53(64-34)36-24-83-42(61-36)18-37(71)28-9-7-6-8-10-28/h6-10,15-16,22-26,29-30,33,37,44,71H,11-14,17-21H2,1-5H3,(H2,58,72)(H,59,73)(H,60,77)(H,63,76)(H,67,78)(H,74,75)(H,80,81)/t29-,30-,33-,37+,44?/m0/s1. The summed E-state index contributed by atoms with van der Waals surface area (Å²) in [5, 5.41) is 50.7. The number of rotatable bonds is 26. The van der Waals surface area contributed by atoms with Crippen LogP contribution in [0.2, 0.25) is 0 Å². The number of nitrogens with one attached hydrogen (secondary N) is 4. The monoisotopic (exact) mass is 1310 g/mol. The van der Waals surface area contributed by atoms with E-state index in [1.54, 1.807) is 35.2 Å². The number of anilines is 1. The number of carbonyl (C=O) groups is 8. The third-order valence-corrected chi connectivity index (χ3v) is 19.7. The maximum Gasteiger partial charge on any atom is 0.323 e. The van der Waals surface area contributed by atoms with E-state index in [4.69, 9.17) is 35.4 Å². The largest absolute Gasteiger partial charge is 0.481 e. The third kappa shape index (κ3) is 15.4. The zero-order valence-corrected chi connectivity index (χ0v) is 52.7. The van der Waals surface area contributed by atoms with Crippen molar-refractivity contribution in [3.63, 3.8) is 0 Å². The summed E-state index contributed by atoms with van der Waals surface area (Å²) in [5.74, 6) is -7.01. The highest BCUT2D eigenvalue weighted by Gasteiger charge is 2.35. The van der Waals surface area contributed by atoms with Crippen molar-refractivity contribution in [1.29, 1.82) is 0 Å². The summed E-state index contributed by atoms with van der Waals surface area (Å²) in [4.78, 5) is 139. The molecule has 6 amide bonds. The van der Waals surface area contributed by atoms with Crippen LogP contribution >= 0.6 is 68.0 Å². The van der Waals surface area contributed by atoms with E-state index in [9.17, 15) is 53.7 Å². The minimum atomic E-state index is -1.26. The van der Waals surface area contributed by atoms with Crippen LogP contribution in [0.3, 0.4) is 0 Å². The van der Waals surface area contributed by atoms with Gasteiger partial charge in [-0.1, -0.05) is 44.2 Å². The van der Waals surface area contributed by atoms with Gasteiger partial charge in [0, 0.05) is 58.5 Å². The van der Waals surface area contributed by atoms with Crippen molar-refractivity contribution in [3.05, 3.63) is 111 Å². The number of aryl methyl sites for hydroxylation is 1. The molecule has 1 aliphatic carbocycles. The number of methoxy groups -OCH3 is 1. The fraction of sp³-hybridized carbons (Fsp3) is 0.351. The SMILES string of the molecule is CNC(=O)C[C@H](NC(=O)c1csc(-c2ccc(-c3nc(N(CC(=O)O)C(=O)[C@H]4CC[C@H](C(=O)O)CC4)cs3)nc2-c2csc(-c3csc(C[C@@H](O)c4ccccc4)n3)n2)n1)c1nc(C(=O)NC(c2nc(C(=O)NCC(N)=O)c(COC)s2)C(C)C)c(C)s1. The molecule has 9 rings (SSSR count). The quantitative estimate of drug-likeness (QED) is 0.0260. The summed E-state index contributed by atoms with van der Waals surface area (Å²) in [6.45, 7) is 4.37. The maximum absolute atomic E-state index is 14.4. The maximum atomic E-state index is 14.4. The first-order chi connectivity index (χ1) is 42.2. The van der Waals surface area contributed by atoms with Crippen LogP contribution < -0.4 is 31.9 Å². The highest BCUT2D eigenvalue weighted by atomic mass is 32.1. The van der Waals surface area contributed by atoms with E-state index in [-0.39, 0.29) is 79.0 Å². The molecule has 0 radical (unpaired) electrons. The summed E-state index contributed by atoms with van der Waals surface area (Å²) in [6, 6.07) is 11.0. The molecule has 31 heteroatoms. The average molecular weight is 1310 g/mol. The Morgan fingerprint density at radius 2 is 1.42 bits per heavy atom.